The van der Waals surface area contributed by atoms with Gasteiger partial charge in [-0.05, 0) is 102 Å². The molecule has 1 heterocycles. The number of nitrogens with one attached hydrogen (secondary N) is 1. The summed E-state index contributed by atoms with van der Waals surface area (Å²) in [5.74, 6) is 2.42. The van der Waals surface area contributed by atoms with Crippen molar-refractivity contribution in [2.45, 2.75) is 92.5 Å². The molecule has 50 heavy (non-hydrogen) atoms. The third-order valence-corrected chi connectivity index (χ3v) is 8.90. The number of aryl methyl sites for hydroxylation is 1. The maximum absolute atomic E-state index is 13.3. The number of carbonyl (C=O) groups excluding carboxylic acids is 1. The Labute approximate surface area is 299 Å². The van der Waals surface area contributed by atoms with Gasteiger partial charge in [-0.15, -0.1) is 0 Å². The summed E-state index contributed by atoms with van der Waals surface area (Å²) < 4.78 is 20.3. The van der Waals surface area contributed by atoms with E-state index in [0.29, 0.717) is 19.6 Å². The molecule has 0 fully saturated rings. The maximum Gasteiger partial charge on any atom is 0.408 e. The first-order valence-corrected chi connectivity index (χ1v) is 18.4. The van der Waals surface area contributed by atoms with E-state index in [0.717, 1.165) is 98.1 Å². The Hall–Kier alpha value is -4.08. The number of alkyl carbamates (subject to hydrolysis) is 1. The molecule has 0 radical (unpaired) electrons. The Morgan fingerprint density at radius 3 is 2.08 bits per heavy atom. The van der Waals surface area contributed by atoms with Gasteiger partial charge in [-0.25, -0.2) is 9.78 Å². The van der Waals surface area contributed by atoms with Crippen LogP contribution in [-0.4, -0.2) is 76.9 Å². The fraction of sp³-hybridized carbons (Fsp3) is 0.512. The summed E-state index contributed by atoms with van der Waals surface area (Å²) in [6.07, 6.45) is 1.98. The molecule has 1 atom stereocenters. The van der Waals surface area contributed by atoms with E-state index in [-0.39, 0.29) is 0 Å². The number of carbonyl (C=O) groups is 1. The minimum atomic E-state index is -0.631. The lowest BCUT2D eigenvalue weighted by Gasteiger charge is -2.25. The van der Waals surface area contributed by atoms with Gasteiger partial charge in [-0.1, -0.05) is 70.2 Å². The van der Waals surface area contributed by atoms with Crippen molar-refractivity contribution in [2.75, 3.05) is 45.9 Å². The number of imidazole rings is 1. The van der Waals surface area contributed by atoms with Crippen LogP contribution >= 0.6 is 0 Å². The van der Waals surface area contributed by atoms with E-state index < -0.39 is 17.7 Å². The summed E-state index contributed by atoms with van der Waals surface area (Å²) >= 11 is 0. The summed E-state index contributed by atoms with van der Waals surface area (Å²) in [7, 11) is 0. The van der Waals surface area contributed by atoms with Crippen LogP contribution in [0.1, 0.15) is 84.3 Å². The van der Waals surface area contributed by atoms with E-state index in [1.54, 1.807) is 0 Å². The molecule has 1 aromatic heterocycles. The molecule has 1 N–H and O–H groups in total. The number of hydrogen-bond acceptors (Lipinski definition) is 7. The summed E-state index contributed by atoms with van der Waals surface area (Å²) in [6.45, 7) is 22.4. The average Bonchev–Trinajstić information content (AvgIpc) is 3.47. The second-order valence-electron chi connectivity index (χ2n) is 13.7. The molecule has 0 aliphatic rings. The molecule has 0 spiro atoms. The lowest BCUT2D eigenvalue weighted by atomic mass is 10.0. The van der Waals surface area contributed by atoms with E-state index in [2.05, 4.69) is 77.7 Å². The number of benzene rings is 3. The highest BCUT2D eigenvalue weighted by Gasteiger charge is 2.26. The van der Waals surface area contributed by atoms with Gasteiger partial charge in [-0.3, -0.25) is 0 Å². The van der Waals surface area contributed by atoms with Crippen LogP contribution in [0.5, 0.6) is 11.5 Å². The molecule has 1 unspecified atom stereocenters. The molecule has 272 valence electrons. The zero-order chi connectivity index (χ0) is 35.9. The van der Waals surface area contributed by atoms with Crippen LogP contribution in [-0.2, 0) is 24.3 Å². The molecule has 0 aliphatic heterocycles. The normalized spacial score (nSPS) is 12.4. The number of nitrogens with zero attached hydrogens (tertiary/aromatic N) is 4. The zero-order valence-electron chi connectivity index (χ0n) is 31.4. The van der Waals surface area contributed by atoms with Crippen LogP contribution in [0.15, 0.2) is 72.8 Å². The van der Waals surface area contributed by atoms with Crippen LogP contribution < -0.4 is 14.8 Å². The SMILES string of the molecule is CCN(CC)CCCOc1ccc2nc(C(Cc3ccc(OCc4ccccc4)cc3)NC(=O)OC(C)(C)C)n(CCCN(CC)CC)c2c1. The summed E-state index contributed by atoms with van der Waals surface area (Å²) in [5, 5.41) is 3.18. The van der Waals surface area contributed by atoms with Crippen molar-refractivity contribution in [1.29, 1.82) is 0 Å². The predicted octanol–water partition coefficient (Wildman–Crippen LogP) is 8.27. The Bertz CT molecular complexity index is 1570. The second kappa shape index (κ2) is 19.3. The number of aromatic nitrogens is 2. The molecule has 0 saturated heterocycles. The highest BCUT2D eigenvalue weighted by Crippen LogP contribution is 2.28. The molecule has 0 aliphatic carbocycles. The first-order chi connectivity index (χ1) is 24.1. The maximum atomic E-state index is 13.3. The summed E-state index contributed by atoms with van der Waals surface area (Å²) in [6, 6.07) is 23.9. The number of rotatable bonds is 20. The van der Waals surface area contributed by atoms with Crippen molar-refractivity contribution >= 4 is 17.1 Å². The molecule has 0 saturated carbocycles. The van der Waals surface area contributed by atoms with E-state index in [4.69, 9.17) is 19.2 Å². The lowest BCUT2D eigenvalue weighted by molar-refractivity contribution is 0.0500. The topological polar surface area (TPSA) is 81.1 Å². The van der Waals surface area contributed by atoms with Gasteiger partial charge in [0.15, 0.2) is 0 Å². The number of ether oxygens (including phenoxy) is 3. The lowest BCUT2D eigenvalue weighted by Crippen LogP contribution is -2.37. The first kappa shape index (κ1) is 38.7. The Kier molecular flexibility index (Phi) is 15.0. The van der Waals surface area contributed by atoms with Crippen molar-refractivity contribution in [2.24, 2.45) is 0 Å². The molecule has 4 rings (SSSR count). The molecule has 0 bridgehead atoms. The minimum Gasteiger partial charge on any atom is -0.493 e. The van der Waals surface area contributed by atoms with Gasteiger partial charge in [0.2, 0.25) is 0 Å². The van der Waals surface area contributed by atoms with Crippen molar-refractivity contribution in [3.8, 4) is 11.5 Å². The highest BCUT2D eigenvalue weighted by molar-refractivity contribution is 5.78. The quantitative estimate of drug-likeness (QED) is 0.0939. The average molecular weight is 686 g/mol. The van der Waals surface area contributed by atoms with Gasteiger partial charge >= 0.3 is 6.09 Å². The fourth-order valence-electron chi connectivity index (χ4n) is 6.08. The molecule has 1 amide bonds. The summed E-state index contributed by atoms with van der Waals surface area (Å²) in [4.78, 5) is 23.3. The van der Waals surface area contributed by atoms with E-state index in [1.807, 2.05) is 63.2 Å². The number of fused-ring (bicyclic) bond motifs is 1. The van der Waals surface area contributed by atoms with Gasteiger partial charge in [0.05, 0.1) is 23.7 Å². The fourth-order valence-corrected chi connectivity index (χ4v) is 6.08. The Morgan fingerprint density at radius 1 is 0.800 bits per heavy atom. The third kappa shape index (κ3) is 12.1. The monoisotopic (exact) mass is 685 g/mol. The zero-order valence-corrected chi connectivity index (χ0v) is 31.4. The Balaban J connectivity index is 1.62. The molecule has 9 heteroatoms. The Morgan fingerprint density at radius 2 is 1.44 bits per heavy atom. The van der Waals surface area contributed by atoms with Gasteiger partial charge in [0.1, 0.15) is 29.5 Å². The van der Waals surface area contributed by atoms with Gasteiger partial charge in [0, 0.05) is 25.6 Å². The van der Waals surface area contributed by atoms with E-state index >= 15 is 0 Å². The van der Waals surface area contributed by atoms with Crippen molar-refractivity contribution in [1.82, 2.24) is 24.7 Å². The van der Waals surface area contributed by atoms with Gasteiger partial charge in [-0.2, -0.15) is 0 Å². The predicted molar refractivity (Wildman–Crippen MR) is 203 cm³/mol. The second-order valence-corrected chi connectivity index (χ2v) is 13.7. The van der Waals surface area contributed by atoms with Crippen molar-refractivity contribution in [3.05, 3.63) is 89.7 Å². The molecule has 4 aromatic rings. The molecular weight excluding hydrogens is 626 g/mol. The van der Waals surface area contributed by atoms with E-state index in [1.165, 1.54) is 0 Å². The van der Waals surface area contributed by atoms with Crippen LogP contribution in [0.3, 0.4) is 0 Å². The van der Waals surface area contributed by atoms with Crippen molar-refractivity contribution < 1.29 is 19.0 Å². The number of hydrogen-bond donors (Lipinski definition) is 1. The largest absolute Gasteiger partial charge is 0.493 e. The van der Waals surface area contributed by atoms with Crippen LogP contribution in [0.4, 0.5) is 4.79 Å². The minimum absolute atomic E-state index is 0.430. The molecule has 3 aromatic carbocycles. The highest BCUT2D eigenvalue weighted by atomic mass is 16.6. The van der Waals surface area contributed by atoms with Gasteiger partial charge < -0.3 is 33.9 Å². The van der Waals surface area contributed by atoms with Crippen LogP contribution in [0, 0.1) is 0 Å². The van der Waals surface area contributed by atoms with Crippen molar-refractivity contribution in [3.63, 3.8) is 0 Å². The van der Waals surface area contributed by atoms with Crippen LogP contribution in [0.25, 0.3) is 11.0 Å². The van der Waals surface area contributed by atoms with Crippen LogP contribution in [0.2, 0.25) is 0 Å². The number of amides is 1. The summed E-state index contributed by atoms with van der Waals surface area (Å²) in [5.41, 5.74) is 3.41. The first-order valence-electron chi connectivity index (χ1n) is 18.4. The smallest absolute Gasteiger partial charge is 0.408 e. The van der Waals surface area contributed by atoms with E-state index in [9.17, 15) is 4.79 Å². The third-order valence-electron chi connectivity index (χ3n) is 8.90. The molecular formula is C41H59N5O4. The standard InChI is InChI=1S/C41H59N5O4/c1-8-44(9-2)25-15-27-46-38-30-35(48-28-16-26-45(10-3)11-4)23-24-36(38)42-39(46)37(43-40(47)50-41(5,6)7)29-32-19-21-34(22-20-32)49-31-33-17-13-12-14-18-33/h12-14,17-24,30,37H,8-11,15-16,25-29,31H2,1-7H3,(H,43,47). The molecule has 9 nitrogen and oxygen atoms in total. The van der Waals surface area contributed by atoms with Gasteiger partial charge in [0.25, 0.3) is 0 Å².